The summed E-state index contributed by atoms with van der Waals surface area (Å²) in [5, 5.41) is 11.5. The van der Waals surface area contributed by atoms with E-state index in [0.717, 1.165) is 5.56 Å². The molecule has 0 unspecified atom stereocenters. The van der Waals surface area contributed by atoms with Crippen molar-refractivity contribution in [2.75, 3.05) is 24.3 Å². The van der Waals surface area contributed by atoms with Gasteiger partial charge < -0.3 is 14.8 Å². The fourth-order valence-corrected chi connectivity index (χ4v) is 4.01. The second-order valence-electron chi connectivity index (χ2n) is 6.72. The summed E-state index contributed by atoms with van der Waals surface area (Å²) in [6.07, 6.45) is 0. The fourth-order valence-electron chi connectivity index (χ4n) is 3.27. The minimum absolute atomic E-state index is 0.114. The van der Waals surface area contributed by atoms with Gasteiger partial charge in [-0.3, -0.25) is 19.0 Å². The molecule has 10 heteroatoms. The molecule has 5 rings (SSSR count). The molecule has 0 aliphatic carbocycles. The molecule has 0 atom stereocenters. The van der Waals surface area contributed by atoms with Crippen LogP contribution in [0.5, 0.6) is 11.5 Å². The largest absolute Gasteiger partial charge is 0.486 e. The number of aromatic amines is 1. The van der Waals surface area contributed by atoms with E-state index >= 15 is 0 Å². The molecule has 4 aromatic rings. The number of anilines is 1. The van der Waals surface area contributed by atoms with Gasteiger partial charge in [-0.25, -0.2) is 0 Å². The summed E-state index contributed by atoms with van der Waals surface area (Å²) >= 11 is 1.23. The van der Waals surface area contributed by atoms with E-state index in [-0.39, 0.29) is 17.2 Å². The van der Waals surface area contributed by atoms with Crippen LogP contribution in [-0.4, -0.2) is 44.5 Å². The Morgan fingerprint density at radius 3 is 2.71 bits per heavy atom. The summed E-state index contributed by atoms with van der Waals surface area (Å²) in [7, 11) is 0. The summed E-state index contributed by atoms with van der Waals surface area (Å²) < 4.78 is 12.8. The van der Waals surface area contributed by atoms with Gasteiger partial charge in [0.15, 0.2) is 16.7 Å². The van der Waals surface area contributed by atoms with Crippen molar-refractivity contribution < 1.29 is 14.3 Å². The van der Waals surface area contributed by atoms with Gasteiger partial charge in [-0.2, -0.15) is 0 Å². The lowest BCUT2D eigenvalue weighted by atomic mass is 10.1. The highest BCUT2D eigenvalue weighted by Gasteiger charge is 2.16. The van der Waals surface area contributed by atoms with E-state index < -0.39 is 0 Å². The molecule has 0 radical (unpaired) electrons. The summed E-state index contributed by atoms with van der Waals surface area (Å²) in [5.41, 5.74) is 1.85. The highest BCUT2D eigenvalue weighted by Crippen LogP contribution is 2.32. The minimum Gasteiger partial charge on any atom is -0.486 e. The Balaban J connectivity index is 1.35. The highest BCUT2D eigenvalue weighted by molar-refractivity contribution is 7.99. The lowest BCUT2D eigenvalue weighted by Gasteiger charge is -2.18. The highest BCUT2D eigenvalue weighted by atomic mass is 32.2. The van der Waals surface area contributed by atoms with Crippen molar-refractivity contribution in [2.24, 2.45) is 0 Å². The summed E-state index contributed by atoms with van der Waals surface area (Å²) in [4.78, 5) is 27.2. The number of hydrogen-bond donors (Lipinski definition) is 2. The number of aromatic nitrogens is 4. The monoisotopic (exact) mass is 435 g/mol. The van der Waals surface area contributed by atoms with Gasteiger partial charge >= 0.3 is 0 Å². The average Bonchev–Trinajstić information content (AvgIpc) is 3.20. The molecular weight excluding hydrogens is 418 g/mol. The van der Waals surface area contributed by atoms with Gasteiger partial charge in [-0.15, -0.1) is 10.2 Å². The van der Waals surface area contributed by atoms with Gasteiger partial charge in [0.1, 0.15) is 13.2 Å². The van der Waals surface area contributed by atoms with Crippen molar-refractivity contribution in [1.29, 1.82) is 0 Å². The van der Waals surface area contributed by atoms with Gasteiger partial charge in [0, 0.05) is 17.8 Å². The Hall–Kier alpha value is -3.79. The van der Waals surface area contributed by atoms with E-state index in [2.05, 4.69) is 20.5 Å². The Bertz CT molecular complexity index is 1320. The number of hydrogen-bond acceptors (Lipinski definition) is 7. The summed E-state index contributed by atoms with van der Waals surface area (Å²) in [6.45, 7) is 0.990. The molecule has 0 saturated carbocycles. The molecule has 2 aromatic heterocycles. The molecule has 156 valence electrons. The van der Waals surface area contributed by atoms with E-state index in [1.54, 1.807) is 22.6 Å². The van der Waals surface area contributed by atoms with Crippen molar-refractivity contribution in [2.45, 2.75) is 5.16 Å². The van der Waals surface area contributed by atoms with Crippen molar-refractivity contribution in [1.82, 2.24) is 19.6 Å². The SMILES string of the molecule is O=C(CSc1nnc2[nH]c(=O)cc(-c3ccccc3)n12)Nc1ccc2c(c1)OCCO2. The predicted molar refractivity (Wildman–Crippen MR) is 116 cm³/mol. The molecular formula is C21H17N5O4S. The molecule has 31 heavy (non-hydrogen) atoms. The molecule has 1 aliphatic rings. The number of fused-ring (bicyclic) bond motifs is 2. The maximum absolute atomic E-state index is 12.5. The first-order chi connectivity index (χ1) is 15.2. The topological polar surface area (TPSA) is 111 Å². The number of carbonyl (C=O) groups is 1. The van der Waals surface area contributed by atoms with E-state index in [1.165, 1.54) is 17.8 Å². The number of carbonyl (C=O) groups excluding carboxylic acids is 1. The number of amides is 1. The molecule has 0 bridgehead atoms. The zero-order chi connectivity index (χ0) is 21.2. The van der Waals surface area contributed by atoms with Crippen LogP contribution in [0.2, 0.25) is 0 Å². The van der Waals surface area contributed by atoms with Crippen molar-refractivity contribution >= 4 is 29.1 Å². The van der Waals surface area contributed by atoms with Crippen LogP contribution >= 0.6 is 11.8 Å². The van der Waals surface area contributed by atoms with Gasteiger partial charge in [-0.1, -0.05) is 42.1 Å². The van der Waals surface area contributed by atoms with E-state index in [0.29, 0.717) is 47.0 Å². The predicted octanol–water partition coefficient (Wildman–Crippen LogP) is 2.59. The number of nitrogens with zero attached hydrogens (tertiary/aromatic N) is 3. The second kappa shape index (κ2) is 8.15. The Labute approximate surface area is 180 Å². The van der Waals surface area contributed by atoms with Gasteiger partial charge in [0.05, 0.1) is 11.4 Å². The lowest BCUT2D eigenvalue weighted by molar-refractivity contribution is -0.113. The third-order valence-corrected chi connectivity index (χ3v) is 5.53. The second-order valence-corrected chi connectivity index (χ2v) is 7.66. The Morgan fingerprint density at radius 2 is 1.87 bits per heavy atom. The maximum Gasteiger partial charge on any atom is 0.252 e. The molecule has 0 fully saturated rings. The van der Waals surface area contributed by atoms with Crippen LogP contribution < -0.4 is 20.3 Å². The summed E-state index contributed by atoms with van der Waals surface area (Å²) in [5.74, 6) is 1.50. The van der Waals surface area contributed by atoms with Crippen molar-refractivity contribution in [3.8, 4) is 22.8 Å². The van der Waals surface area contributed by atoms with Crippen molar-refractivity contribution in [3.63, 3.8) is 0 Å². The molecule has 2 N–H and O–H groups in total. The van der Waals surface area contributed by atoms with E-state index in [4.69, 9.17) is 9.47 Å². The molecule has 2 aromatic carbocycles. The zero-order valence-corrected chi connectivity index (χ0v) is 17.0. The standard InChI is InChI=1S/C21H17N5O4S/c27-18-11-15(13-4-2-1-3-5-13)26-20(23-18)24-25-21(26)31-12-19(28)22-14-6-7-16-17(10-14)30-9-8-29-16/h1-7,10-11H,8-9,12H2,(H,22,28)(H,23,24,27). The third-order valence-electron chi connectivity index (χ3n) is 4.60. The number of H-pyrrole nitrogens is 1. The zero-order valence-electron chi connectivity index (χ0n) is 16.2. The summed E-state index contributed by atoms with van der Waals surface area (Å²) in [6, 6.07) is 16.2. The van der Waals surface area contributed by atoms with Crippen LogP contribution in [0.1, 0.15) is 0 Å². The first kappa shape index (κ1) is 19.2. The number of nitrogens with one attached hydrogen (secondary N) is 2. The molecule has 3 heterocycles. The minimum atomic E-state index is -0.272. The van der Waals surface area contributed by atoms with Crippen LogP contribution in [0, 0.1) is 0 Å². The van der Waals surface area contributed by atoms with Gasteiger partial charge in [0.2, 0.25) is 11.7 Å². The number of rotatable bonds is 5. The molecule has 1 aliphatic heterocycles. The van der Waals surface area contributed by atoms with E-state index in [1.807, 2.05) is 30.3 Å². The van der Waals surface area contributed by atoms with Gasteiger partial charge in [0.25, 0.3) is 5.56 Å². The Morgan fingerprint density at radius 1 is 1.06 bits per heavy atom. The van der Waals surface area contributed by atoms with Gasteiger partial charge in [-0.05, 0) is 17.7 Å². The number of benzene rings is 2. The third kappa shape index (κ3) is 3.97. The fraction of sp³-hybridized carbons (Fsp3) is 0.143. The molecule has 0 saturated heterocycles. The average molecular weight is 435 g/mol. The number of ether oxygens (including phenoxy) is 2. The lowest BCUT2D eigenvalue weighted by Crippen LogP contribution is -2.17. The normalized spacial score (nSPS) is 12.6. The maximum atomic E-state index is 12.5. The van der Waals surface area contributed by atoms with E-state index in [9.17, 15) is 9.59 Å². The van der Waals surface area contributed by atoms with Crippen LogP contribution in [0.3, 0.4) is 0 Å². The van der Waals surface area contributed by atoms with Crippen LogP contribution in [0.15, 0.2) is 64.5 Å². The van der Waals surface area contributed by atoms with Crippen LogP contribution in [0.4, 0.5) is 5.69 Å². The Kier molecular flexibility index (Phi) is 5.04. The molecule has 1 amide bonds. The number of thioether (sulfide) groups is 1. The van der Waals surface area contributed by atoms with Crippen LogP contribution in [0.25, 0.3) is 17.0 Å². The molecule has 9 nitrogen and oxygen atoms in total. The quantitative estimate of drug-likeness (QED) is 0.464. The first-order valence-corrected chi connectivity index (χ1v) is 10.5. The molecule has 0 spiro atoms. The first-order valence-electron chi connectivity index (χ1n) is 9.53. The van der Waals surface area contributed by atoms with Crippen LogP contribution in [-0.2, 0) is 4.79 Å². The smallest absolute Gasteiger partial charge is 0.252 e. The van der Waals surface area contributed by atoms with Crippen molar-refractivity contribution in [3.05, 3.63) is 65.0 Å².